The number of rotatable bonds is 5. The quantitative estimate of drug-likeness (QED) is 0.893. The summed E-state index contributed by atoms with van der Waals surface area (Å²) in [5.74, 6) is 0.928. The van der Waals surface area contributed by atoms with Crippen molar-refractivity contribution in [2.75, 3.05) is 0 Å². The Labute approximate surface area is 134 Å². The molecule has 0 radical (unpaired) electrons. The van der Waals surface area contributed by atoms with Gasteiger partial charge in [-0.2, -0.15) is 5.10 Å². The average molecular weight is 352 g/mol. The molecule has 2 aromatic rings. The number of nitrogens with one attached hydrogen (secondary N) is 1. The number of benzene rings is 1. The first-order valence-electron chi connectivity index (χ1n) is 7.01. The third-order valence-corrected chi connectivity index (χ3v) is 3.51. The number of hydrogen-bond donors (Lipinski definition) is 1. The number of hydrogen-bond acceptors (Lipinski definition) is 3. The molecule has 0 saturated heterocycles. The fourth-order valence-corrected chi connectivity index (χ4v) is 2.54. The van der Waals surface area contributed by atoms with E-state index >= 15 is 0 Å². The van der Waals surface area contributed by atoms with Gasteiger partial charge >= 0.3 is 0 Å². The van der Waals surface area contributed by atoms with Crippen LogP contribution in [0.3, 0.4) is 0 Å². The molecular formula is C16H22BrN3O. The van der Waals surface area contributed by atoms with Gasteiger partial charge in [0.25, 0.3) is 0 Å². The molecule has 4 nitrogen and oxygen atoms in total. The number of halogens is 1. The Balaban J connectivity index is 1.98. The van der Waals surface area contributed by atoms with Crippen LogP contribution in [0.5, 0.6) is 5.75 Å². The van der Waals surface area contributed by atoms with Gasteiger partial charge in [-0.3, -0.25) is 4.68 Å². The first-order valence-corrected chi connectivity index (χ1v) is 7.80. The van der Waals surface area contributed by atoms with Gasteiger partial charge in [-0.15, -0.1) is 0 Å². The molecule has 1 aromatic heterocycles. The normalized spacial score (nSPS) is 11.7. The molecule has 0 saturated carbocycles. The topological polar surface area (TPSA) is 39.1 Å². The Morgan fingerprint density at radius 3 is 2.57 bits per heavy atom. The lowest BCUT2D eigenvalue weighted by Crippen LogP contribution is -2.24. The molecule has 0 bridgehead atoms. The van der Waals surface area contributed by atoms with Crippen molar-refractivity contribution in [1.82, 2.24) is 15.1 Å². The summed E-state index contributed by atoms with van der Waals surface area (Å²) in [6, 6.07) is 8.13. The summed E-state index contributed by atoms with van der Waals surface area (Å²) in [6.07, 6.45) is 1.95. The van der Waals surface area contributed by atoms with E-state index in [1.165, 1.54) is 0 Å². The highest BCUT2D eigenvalue weighted by atomic mass is 79.9. The molecular weight excluding hydrogens is 330 g/mol. The van der Waals surface area contributed by atoms with Gasteiger partial charge in [0.15, 0.2) is 0 Å². The summed E-state index contributed by atoms with van der Waals surface area (Å²) in [6.45, 7) is 7.63. The Morgan fingerprint density at radius 1 is 1.24 bits per heavy atom. The van der Waals surface area contributed by atoms with Crippen molar-refractivity contribution in [3.8, 4) is 5.75 Å². The average Bonchev–Trinajstić information content (AvgIpc) is 2.68. The van der Waals surface area contributed by atoms with Gasteiger partial charge in [0.1, 0.15) is 11.4 Å². The van der Waals surface area contributed by atoms with E-state index in [0.717, 1.165) is 28.0 Å². The second-order valence-electron chi connectivity index (χ2n) is 6.02. The molecule has 1 heterocycles. The third kappa shape index (κ3) is 4.86. The molecule has 0 aliphatic rings. The van der Waals surface area contributed by atoms with Gasteiger partial charge in [-0.05, 0) is 42.8 Å². The number of aryl methyl sites for hydroxylation is 1. The fraction of sp³-hybridized carbons (Fsp3) is 0.438. The van der Waals surface area contributed by atoms with E-state index in [4.69, 9.17) is 4.74 Å². The van der Waals surface area contributed by atoms with Crippen LogP contribution in [0.25, 0.3) is 0 Å². The number of aromatic nitrogens is 2. The van der Waals surface area contributed by atoms with E-state index in [1.807, 2.05) is 31.4 Å². The van der Waals surface area contributed by atoms with Crippen LogP contribution in [0.1, 0.15) is 32.0 Å². The molecule has 114 valence electrons. The summed E-state index contributed by atoms with van der Waals surface area (Å²) < 4.78 is 8.82. The van der Waals surface area contributed by atoms with Gasteiger partial charge in [0.2, 0.25) is 0 Å². The van der Waals surface area contributed by atoms with Gasteiger partial charge in [0, 0.05) is 31.9 Å². The largest absolute Gasteiger partial charge is 0.488 e. The zero-order valence-electron chi connectivity index (χ0n) is 13.0. The third-order valence-electron chi connectivity index (χ3n) is 2.85. The Hall–Kier alpha value is -1.33. The van der Waals surface area contributed by atoms with E-state index in [0.29, 0.717) is 6.54 Å². The van der Waals surface area contributed by atoms with Crippen molar-refractivity contribution in [3.63, 3.8) is 0 Å². The SMILES string of the molecule is Cn1cc(Br)c(CNCc2ccccc2OC(C)(C)C)n1. The van der Waals surface area contributed by atoms with Gasteiger partial charge in [0.05, 0.1) is 10.2 Å². The number of para-hydroxylation sites is 1. The van der Waals surface area contributed by atoms with Gasteiger partial charge < -0.3 is 10.1 Å². The minimum Gasteiger partial charge on any atom is -0.488 e. The van der Waals surface area contributed by atoms with Crippen molar-refractivity contribution in [1.29, 1.82) is 0 Å². The second kappa shape index (κ2) is 6.62. The molecule has 0 aliphatic carbocycles. The molecule has 1 N–H and O–H groups in total. The second-order valence-corrected chi connectivity index (χ2v) is 6.88. The Kier molecular flexibility index (Phi) is 5.06. The monoisotopic (exact) mass is 351 g/mol. The van der Waals surface area contributed by atoms with E-state index in [2.05, 4.69) is 53.2 Å². The summed E-state index contributed by atoms with van der Waals surface area (Å²) in [5, 5.41) is 7.81. The molecule has 1 aromatic carbocycles. The molecule has 0 fully saturated rings. The predicted molar refractivity (Wildman–Crippen MR) is 88.3 cm³/mol. The maximum atomic E-state index is 5.99. The summed E-state index contributed by atoms with van der Waals surface area (Å²) >= 11 is 3.51. The van der Waals surface area contributed by atoms with Gasteiger partial charge in [-0.25, -0.2) is 0 Å². The highest BCUT2D eigenvalue weighted by Crippen LogP contribution is 2.23. The Bertz CT molecular complexity index is 602. The molecule has 0 amide bonds. The summed E-state index contributed by atoms with van der Waals surface area (Å²) in [7, 11) is 1.92. The standard InChI is InChI=1S/C16H22BrN3O/c1-16(2,3)21-15-8-6-5-7-12(15)9-18-10-14-13(17)11-20(4)19-14/h5-8,11,18H,9-10H2,1-4H3. The minimum absolute atomic E-state index is 0.194. The molecule has 0 atom stereocenters. The Morgan fingerprint density at radius 2 is 1.95 bits per heavy atom. The van der Waals surface area contributed by atoms with E-state index in [-0.39, 0.29) is 5.60 Å². The van der Waals surface area contributed by atoms with E-state index in [9.17, 15) is 0 Å². The summed E-state index contributed by atoms with van der Waals surface area (Å²) in [5.41, 5.74) is 1.96. The van der Waals surface area contributed by atoms with Crippen LogP contribution in [-0.2, 0) is 20.1 Å². The zero-order valence-corrected chi connectivity index (χ0v) is 14.6. The first-order chi connectivity index (χ1) is 9.85. The van der Waals surface area contributed by atoms with Crippen molar-refractivity contribution >= 4 is 15.9 Å². The van der Waals surface area contributed by atoms with Crippen LogP contribution in [0.15, 0.2) is 34.9 Å². The number of ether oxygens (including phenoxy) is 1. The molecule has 0 spiro atoms. The lowest BCUT2D eigenvalue weighted by molar-refractivity contribution is 0.129. The molecule has 21 heavy (non-hydrogen) atoms. The van der Waals surface area contributed by atoms with Crippen LogP contribution < -0.4 is 10.1 Å². The van der Waals surface area contributed by atoms with Crippen molar-refractivity contribution in [3.05, 3.63) is 46.2 Å². The smallest absolute Gasteiger partial charge is 0.124 e. The van der Waals surface area contributed by atoms with Crippen LogP contribution in [0.2, 0.25) is 0 Å². The van der Waals surface area contributed by atoms with E-state index in [1.54, 1.807) is 4.68 Å². The highest BCUT2D eigenvalue weighted by molar-refractivity contribution is 9.10. The molecule has 0 aliphatic heterocycles. The van der Waals surface area contributed by atoms with Crippen LogP contribution in [0, 0.1) is 0 Å². The maximum Gasteiger partial charge on any atom is 0.124 e. The zero-order chi connectivity index (χ0) is 15.5. The van der Waals surface area contributed by atoms with Crippen molar-refractivity contribution in [2.24, 2.45) is 7.05 Å². The molecule has 2 rings (SSSR count). The van der Waals surface area contributed by atoms with Crippen LogP contribution >= 0.6 is 15.9 Å². The van der Waals surface area contributed by atoms with Crippen molar-refractivity contribution < 1.29 is 4.74 Å². The fourth-order valence-electron chi connectivity index (χ4n) is 2.02. The lowest BCUT2D eigenvalue weighted by Gasteiger charge is -2.23. The van der Waals surface area contributed by atoms with Crippen molar-refractivity contribution in [2.45, 2.75) is 39.5 Å². The van der Waals surface area contributed by atoms with Crippen LogP contribution in [0.4, 0.5) is 0 Å². The number of nitrogens with zero attached hydrogens (tertiary/aromatic N) is 2. The summed E-state index contributed by atoms with van der Waals surface area (Å²) in [4.78, 5) is 0. The minimum atomic E-state index is -0.194. The van der Waals surface area contributed by atoms with E-state index < -0.39 is 0 Å². The van der Waals surface area contributed by atoms with Gasteiger partial charge in [-0.1, -0.05) is 18.2 Å². The predicted octanol–water partition coefficient (Wildman–Crippen LogP) is 3.65. The highest BCUT2D eigenvalue weighted by Gasteiger charge is 2.14. The molecule has 0 unspecified atom stereocenters. The molecule has 5 heteroatoms. The van der Waals surface area contributed by atoms with Crippen LogP contribution in [-0.4, -0.2) is 15.4 Å². The first kappa shape index (κ1) is 16.0. The lowest BCUT2D eigenvalue weighted by atomic mass is 10.1. The maximum absolute atomic E-state index is 5.99.